The van der Waals surface area contributed by atoms with Crippen LogP contribution in [-0.4, -0.2) is 29.7 Å². The number of pyridine rings is 1. The summed E-state index contributed by atoms with van der Waals surface area (Å²) in [5.41, 5.74) is 4.35. The van der Waals surface area contributed by atoms with Crippen LogP contribution >= 0.6 is 11.6 Å². The number of nitrogens with zero attached hydrogens (tertiary/aromatic N) is 2. The molecule has 2 bridgehead atoms. The molecule has 4 nitrogen and oxygen atoms in total. The Morgan fingerprint density at radius 3 is 2.50 bits per heavy atom. The van der Waals surface area contributed by atoms with Crippen molar-refractivity contribution in [2.45, 2.75) is 25.4 Å². The molecule has 0 radical (unpaired) electrons. The van der Waals surface area contributed by atoms with Gasteiger partial charge < -0.3 is 9.30 Å². The maximum atomic E-state index is 13.2. The fourth-order valence-corrected chi connectivity index (χ4v) is 5.19. The molecule has 164 valence electrons. The lowest BCUT2D eigenvalue weighted by Gasteiger charge is -2.43. The molecule has 32 heavy (non-hydrogen) atoms. The summed E-state index contributed by atoms with van der Waals surface area (Å²) in [7, 11) is 1.69. The van der Waals surface area contributed by atoms with Gasteiger partial charge in [-0.25, -0.2) is 0 Å². The summed E-state index contributed by atoms with van der Waals surface area (Å²) in [4.78, 5) is 15.7. The van der Waals surface area contributed by atoms with Crippen molar-refractivity contribution in [3.05, 3.63) is 98.4 Å². The van der Waals surface area contributed by atoms with Crippen LogP contribution in [0.15, 0.2) is 65.5 Å². The zero-order valence-corrected chi connectivity index (χ0v) is 19.0. The first-order valence-electron chi connectivity index (χ1n) is 11.1. The highest BCUT2D eigenvalue weighted by Crippen LogP contribution is 2.35. The van der Waals surface area contributed by atoms with Gasteiger partial charge in [-0.2, -0.15) is 0 Å². The molecule has 0 amide bonds. The number of fused-ring (bicyclic) bond motifs is 4. The molecule has 3 heterocycles. The monoisotopic (exact) mass is 446 g/mol. The number of hydrogen-bond acceptors (Lipinski definition) is 3. The van der Waals surface area contributed by atoms with Crippen molar-refractivity contribution in [1.29, 1.82) is 0 Å². The summed E-state index contributed by atoms with van der Waals surface area (Å²) in [6.45, 7) is 3.75. The second-order valence-corrected chi connectivity index (χ2v) is 9.29. The maximum absolute atomic E-state index is 13.2. The minimum atomic E-state index is 0.117. The molecule has 1 aromatic heterocycles. The van der Waals surface area contributed by atoms with Gasteiger partial charge in [0.1, 0.15) is 5.75 Å². The smallest absolute Gasteiger partial charge is 0.258 e. The van der Waals surface area contributed by atoms with E-state index in [-0.39, 0.29) is 5.56 Å². The second kappa shape index (κ2) is 8.97. The zero-order valence-electron chi connectivity index (χ0n) is 18.2. The van der Waals surface area contributed by atoms with E-state index >= 15 is 0 Å². The molecule has 3 aromatic rings. The van der Waals surface area contributed by atoms with Crippen LogP contribution < -0.4 is 10.3 Å². The molecule has 0 saturated carbocycles. The van der Waals surface area contributed by atoms with Crippen LogP contribution in [0.1, 0.15) is 34.7 Å². The largest absolute Gasteiger partial charge is 0.497 e. The van der Waals surface area contributed by atoms with Gasteiger partial charge in [-0.05, 0) is 65.9 Å². The fourth-order valence-electron chi connectivity index (χ4n) is 5.07. The van der Waals surface area contributed by atoms with Crippen molar-refractivity contribution >= 4 is 23.8 Å². The average Bonchev–Trinajstić information content (AvgIpc) is 2.80. The number of piperidine rings is 1. The third-order valence-electron chi connectivity index (χ3n) is 6.60. The standard InChI is InChI=1S/C27H27ClN2O2/c1-32-25-11-5-20(6-12-25)15-29-16-21-14-23(18-29)26-13-8-22(27(31)30(26)17-21)7-2-19-3-9-24(28)10-4-19/h2-13,21,23H,14-18H2,1H3. The molecule has 0 spiro atoms. The lowest BCUT2D eigenvalue weighted by molar-refractivity contribution is 0.114. The Morgan fingerprint density at radius 1 is 0.969 bits per heavy atom. The highest BCUT2D eigenvalue weighted by atomic mass is 35.5. The lowest BCUT2D eigenvalue weighted by Crippen LogP contribution is -2.47. The summed E-state index contributed by atoms with van der Waals surface area (Å²) in [5, 5.41) is 0.712. The van der Waals surface area contributed by atoms with Gasteiger partial charge in [0.05, 0.1) is 7.11 Å². The predicted molar refractivity (Wildman–Crippen MR) is 130 cm³/mol. The van der Waals surface area contributed by atoms with E-state index < -0.39 is 0 Å². The lowest BCUT2D eigenvalue weighted by atomic mass is 9.82. The highest BCUT2D eigenvalue weighted by molar-refractivity contribution is 6.30. The Morgan fingerprint density at radius 2 is 1.75 bits per heavy atom. The van der Waals surface area contributed by atoms with E-state index in [4.69, 9.17) is 16.3 Å². The minimum absolute atomic E-state index is 0.117. The average molecular weight is 447 g/mol. The van der Waals surface area contributed by atoms with Crippen LogP contribution in [0.2, 0.25) is 5.02 Å². The maximum Gasteiger partial charge on any atom is 0.258 e. The van der Waals surface area contributed by atoms with Crippen LogP contribution in [0.25, 0.3) is 12.2 Å². The molecule has 5 heteroatoms. The number of hydrogen-bond donors (Lipinski definition) is 0. The highest BCUT2D eigenvalue weighted by Gasteiger charge is 2.34. The molecule has 5 rings (SSSR count). The molecule has 1 fully saturated rings. The van der Waals surface area contributed by atoms with Gasteiger partial charge in [-0.3, -0.25) is 9.69 Å². The van der Waals surface area contributed by atoms with E-state index in [1.54, 1.807) is 7.11 Å². The molecule has 0 aliphatic carbocycles. The number of benzene rings is 2. The summed E-state index contributed by atoms with van der Waals surface area (Å²) >= 11 is 5.96. The van der Waals surface area contributed by atoms with Crippen LogP contribution in [0.5, 0.6) is 5.75 Å². The third-order valence-corrected chi connectivity index (χ3v) is 6.85. The fraction of sp³-hybridized carbons (Fsp3) is 0.296. The van der Waals surface area contributed by atoms with E-state index in [0.29, 0.717) is 16.9 Å². The van der Waals surface area contributed by atoms with E-state index in [2.05, 4.69) is 23.1 Å². The summed E-state index contributed by atoms with van der Waals surface area (Å²) in [6, 6.07) is 20.1. The minimum Gasteiger partial charge on any atom is -0.497 e. The van der Waals surface area contributed by atoms with Crippen LogP contribution in [0, 0.1) is 5.92 Å². The Hall–Kier alpha value is -2.82. The summed E-state index contributed by atoms with van der Waals surface area (Å²) in [5.74, 6) is 1.80. The van der Waals surface area contributed by atoms with E-state index in [1.165, 1.54) is 17.7 Å². The second-order valence-electron chi connectivity index (χ2n) is 8.85. The molecule has 0 N–H and O–H groups in total. The number of ether oxygens (including phenoxy) is 1. The number of methoxy groups -OCH3 is 1. The Kier molecular flexibility index (Phi) is 5.90. The van der Waals surface area contributed by atoms with Gasteiger partial charge >= 0.3 is 0 Å². The van der Waals surface area contributed by atoms with Gasteiger partial charge in [0.2, 0.25) is 0 Å². The van der Waals surface area contributed by atoms with E-state index in [1.807, 2.05) is 59.2 Å². The number of halogens is 1. The van der Waals surface area contributed by atoms with Crippen LogP contribution in [0.3, 0.4) is 0 Å². The Labute approximate surface area is 193 Å². The molecule has 2 aliphatic rings. The van der Waals surface area contributed by atoms with E-state index in [9.17, 15) is 4.79 Å². The Bertz CT molecular complexity index is 1180. The van der Waals surface area contributed by atoms with Crippen molar-refractivity contribution in [1.82, 2.24) is 9.47 Å². The molecule has 2 aliphatic heterocycles. The third kappa shape index (κ3) is 4.38. The molecular weight excluding hydrogens is 420 g/mol. The number of rotatable bonds is 5. The predicted octanol–water partition coefficient (Wildman–Crippen LogP) is 5.30. The van der Waals surface area contributed by atoms with Crippen molar-refractivity contribution in [3.63, 3.8) is 0 Å². The molecule has 2 unspecified atom stereocenters. The van der Waals surface area contributed by atoms with Gasteiger partial charge in [-0.15, -0.1) is 0 Å². The number of likely N-dealkylation sites (tertiary alicyclic amines) is 1. The Balaban J connectivity index is 1.33. The number of aromatic nitrogens is 1. The van der Waals surface area contributed by atoms with Crippen LogP contribution in [-0.2, 0) is 13.1 Å². The van der Waals surface area contributed by atoms with Gasteiger partial charge in [0.25, 0.3) is 5.56 Å². The van der Waals surface area contributed by atoms with Crippen molar-refractivity contribution < 1.29 is 4.74 Å². The molecular formula is C27H27ClN2O2. The van der Waals surface area contributed by atoms with Crippen molar-refractivity contribution in [2.75, 3.05) is 20.2 Å². The van der Waals surface area contributed by atoms with Gasteiger partial charge in [0, 0.05) is 48.4 Å². The van der Waals surface area contributed by atoms with E-state index in [0.717, 1.165) is 43.1 Å². The zero-order chi connectivity index (χ0) is 22.1. The van der Waals surface area contributed by atoms with Gasteiger partial charge in [-0.1, -0.05) is 41.9 Å². The first-order valence-corrected chi connectivity index (χ1v) is 11.5. The first kappa shape index (κ1) is 21.0. The molecule has 2 atom stereocenters. The van der Waals surface area contributed by atoms with Crippen LogP contribution in [0.4, 0.5) is 0 Å². The SMILES string of the molecule is COc1ccc(CN2CC3CC(C2)c2ccc(C=Cc4ccc(Cl)cc4)c(=O)n2C3)cc1. The topological polar surface area (TPSA) is 34.5 Å². The quantitative estimate of drug-likeness (QED) is 0.533. The van der Waals surface area contributed by atoms with Gasteiger partial charge in [0.15, 0.2) is 0 Å². The van der Waals surface area contributed by atoms with Crippen molar-refractivity contribution in [2.24, 2.45) is 5.92 Å². The summed E-state index contributed by atoms with van der Waals surface area (Å²) in [6.07, 6.45) is 5.05. The molecule has 2 aromatic carbocycles. The normalized spacial score (nSPS) is 20.3. The molecule has 1 saturated heterocycles. The summed E-state index contributed by atoms with van der Waals surface area (Å²) < 4.78 is 7.29. The van der Waals surface area contributed by atoms with Crippen molar-refractivity contribution in [3.8, 4) is 5.75 Å². The first-order chi connectivity index (χ1) is 15.6.